The van der Waals surface area contributed by atoms with Crippen molar-refractivity contribution in [1.29, 1.82) is 0 Å². The first-order chi connectivity index (χ1) is 9.74. The standard InChI is InChI=1S/C17H26N2O/c1-3-16(18)12-14-6-7-15-8-10-19(17(15)13-14)9-5-11-20-4-2/h6-8,10,13,16H,3-5,9,11-12,18H2,1-2H3. The summed E-state index contributed by atoms with van der Waals surface area (Å²) in [6, 6.07) is 9.12. The summed E-state index contributed by atoms with van der Waals surface area (Å²) in [7, 11) is 0. The first-order valence-electron chi connectivity index (χ1n) is 7.65. The van der Waals surface area contributed by atoms with Crippen LogP contribution in [0.5, 0.6) is 0 Å². The summed E-state index contributed by atoms with van der Waals surface area (Å²) in [5.41, 5.74) is 8.69. The summed E-state index contributed by atoms with van der Waals surface area (Å²) in [6.07, 6.45) is 5.19. The first-order valence-corrected chi connectivity index (χ1v) is 7.65. The molecule has 1 unspecified atom stereocenters. The Morgan fingerprint density at radius 1 is 1.25 bits per heavy atom. The second kappa shape index (κ2) is 7.46. The molecule has 0 spiro atoms. The fraction of sp³-hybridized carbons (Fsp3) is 0.529. The summed E-state index contributed by atoms with van der Waals surface area (Å²) in [6.45, 7) is 6.81. The Morgan fingerprint density at radius 3 is 2.85 bits per heavy atom. The highest BCUT2D eigenvalue weighted by Crippen LogP contribution is 2.19. The maximum atomic E-state index is 6.05. The topological polar surface area (TPSA) is 40.2 Å². The maximum Gasteiger partial charge on any atom is 0.0483 e. The molecular formula is C17H26N2O. The van der Waals surface area contributed by atoms with Gasteiger partial charge in [0, 0.05) is 37.5 Å². The van der Waals surface area contributed by atoms with E-state index in [1.54, 1.807) is 0 Å². The molecule has 0 amide bonds. The van der Waals surface area contributed by atoms with Crippen molar-refractivity contribution < 1.29 is 4.74 Å². The van der Waals surface area contributed by atoms with Crippen LogP contribution in [-0.2, 0) is 17.7 Å². The molecule has 1 aromatic carbocycles. The third-order valence-electron chi connectivity index (χ3n) is 3.75. The average Bonchev–Trinajstić information content (AvgIpc) is 2.86. The zero-order valence-corrected chi connectivity index (χ0v) is 12.6. The Morgan fingerprint density at radius 2 is 2.10 bits per heavy atom. The second-order valence-electron chi connectivity index (χ2n) is 5.33. The number of nitrogens with zero attached hydrogens (tertiary/aromatic N) is 1. The van der Waals surface area contributed by atoms with Crippen LogP contribution in [0, 0.1) is 0 Å². The monoisotopic (exact) mass is 274 g/mol. The van der Waals surface area contributed by atoms with Crippen molar-refractivity contribution in [2.24, 2.45) is 5.73 Å². The second-order valence-corrected chi connectivity index (χ2v) is 5.33. The lowest BCUT2D eigenvalue weighted by atomic mass is 10.0. The molecular weight excluding hydrogens is 248 g/mol. The lowest BCUT2D eigenvalue weighted by Gasteiger charge is -2.10. The molecule has 1 atom stereocenters. The molecule has 2 N–H and O–H groups in total. The van der Waals surface area contributed by atoms with E-state index < -0.39 is 0 Å². The van der Waals surface area contributed by atoms with Gasteiger partial charge in [-0.1, -0.05) is 19.1 Å². The lowest BCUT2D eigenvalue weighted by molar-refractivity contribution is 0.142. The highest BCUT2D eigenvalue weighted by molar-refractivity contribution is 5.80. The van der Waals surface area contributed by atoms with Gasteiger partial charge in [-0.25, -0.2) is 0 Å². The van der Waals surface area contributed by atoms with Crippen LogP contribution in [0.2, 0.25) is 0 Å². The van der Waals surface area contributed by atoms with Crippen LogP contribution in [-0.4, -0.2) is 23.8 Å². The van der Waals surface area contributed by atoms with Crippen LogP contribution >= 0.6 is 0 Å². The van der Waals surface area contributed by atoms with Crippen LogP contribution in [0.15, 0.2) is 30.5 Å². The van der Waals surface area contributed by atoms with E-state index in [9.17, 15) is 0 Å². The SMILES string of the molecule is CCOCCCn1ccc2ccc(CC(N)CC)cc21. The molecule has 0 aliphatic heterocycles. The van der Waals surface area contributed by atoms with Gasteiger partial charge >= 0.3 is 0 Å². The molecule has 0 radical (unpaired) electrons. The summed E-state index contributed by atoms with van der Waals surface area (Å²) in [5, 5.41) is 1.30. The van der Waals surface area contributed by atoms with E-state index in [4.69, 9.17) is 10.5 Å². The summed E-state index contributed by atoms with van der Waals surface area (Å²) >= 11 is 0. The van der Waals surface area contributed by atoms with Gasteiger partial charge < -0.3 is 15.0 Å². The number of hydrogen-bond donors (Lipinski definition) is 1. The van der Waals surface area contributed by atoms with Gasteiger partial charge in [-0.3, -0.25) is 0 Å². The Bertz CT molecular complexity index is 533. The van der Waals surface area contributed by atoms with E-state index in [0.29, 0.717) is 0 Å². The highest BCUT2D eigenvalue weighted by atomic mass is 16.5. The van der Waals surface area contributed by atoms with Gasteiger partial charge in [-0.05, 0) is 49.3 Å². The predicted molar refractivity (Wildman–Crippen MR) is 85.0 cm³/mol. The zero-order valence-electron chi connectivity index (χ0n) is 12.6. The molecule has 20 heavy (non-hydrogen) atoms. The number of rotatable bonds is 8. The van der Waals surface area contributed by atoms with Crippen LogP contribution in [0.1, 0.15) is 32.3 Å². The number of aryl methyl sites for hydroxylation is 1. The minimum Gasteiger partial charge on any atom is -0.382 e. The largest absolute Gasteiger partial charge is 0.382 e. The van der Waals surface area contributed by atoms with Gasteiger partial charge in [0.2, 0.25) is 0 Å². The lowest BCUT2D eigenvalue weighted by Crippen LogP contribution is -2.21. The molecule has 1 heterocycles. The molecule has 0 aliphatic rings. The fourth-order valence-electron chi connectivity index (χ4n) is 2.48. The highest BCUT2D eigenvalue weighted by Gasteiger charge is 2.05. The van der Waals surface area contributed by atoms with Crippen LogP contribution in [0.25, 0.3) is 10.9 Å². The molecule has 3 heteroatoms. The molecule has 110 valence electrons. The number of fused-ring (bicyclic) bond motifs is 1. The summed E-state index contributed by atoms with van der Waals surface area (Å²) in [5.74, 6) is 0. The van der Waals surface area contributed by atoms with E-state index in [0.717, 1.165) is 39.0 Å². The molecule has 0 aliphatic carbocycles. The van der Waals surface area contributed by atoms with Gasteiger partial charge in [-0.2, -0.15) is 0 Å². The van der Waals surface area contributed by atoms with Crippen molar-refractivity contribution in [2.75, 3.05) is 13.2 Å². The normalized spacial score (nSPS) is 12.9. The number of aromatic nitrogens is 1. The van der Waals surface area contributed by atoms with Crippen molar-refractivity contribution in [3.8, 4) is 0 Å². The Hall–Kier alpha value is -1.32. The average molecular weight is 274 g/mol. The summed E-state index contributed by atoms with van der Waals surface area (Å²) < 4.78 is 7.72. The molecule has 1 aromatic heterocycles. The Labute approximate surface area is 121 Å². The summed E-state index contributed by atoms with van der Waals surface area (Å²) in [4.78, 5) is 0. The Kier molecular flexibility index (Phi) is 5.62. The minimum absolute atomic E-state index is 0.258. The Balaban J connectivity index is 2.09. The van der Waals surface area contributed by atoms with Gasteiger partial charge in [0.05, 0.1) is 0 Å². The van der Waals surface area contributed by atoms with E-state index in [2.05, 4.69) is 42.0 Å². The van der Waals surface area contributed by atoms with Crippen LogP contribution in [0.3, 0.4) is 0 Å². The van der Waals surface area contributed by atoms with Crippen molar-refractivity contribution >= 4 is 10.9 Å². The first kappa shape index (κ1) is 15.1. The van der Waals surface area contributed by atoms with Crippen molar-refractivity contribution in [2.45, 2.75) is 45.7 Å². The van der Waals surface area contributed by atoms with Crippen molar-refractivity contribution in [3.63, 3.8) is 0 Å². The van der Waals surface area contributed by atoms with E-state index in [-0.39, 0.29) is 6.04 Å². The van der Waals surface area contributed by atoms with Crippen LogP contribution < -0.4 is 5.73 Å². The molecule has 0 fully saturated rings. The third kappa shape index (κ3) is 3.84. The van der Waals surface area contributed by atoms with E-state index in [1.165, 1.54) is 16.5 Å². The number of nitrogens with two attached hydrogens (primary N) is 1. The molecule has 3 nitrogen and oxygen atoms in total. The number of hydrogen-bond acceptors (Lipinski definition) is 2. The smallest absolute Gasteiger partial charge is 0.0483 e. The van der Waals surface area contributed by atoms with Gasteiger partial charge in [0.15, 0.2) is 0 Å². The van der Waals surface area contributed by atoms with E-state index in [1.807, 2.05) is 6.92 Å². The maximum absolute atomic E-state index is 6.05. The minimum atomic E-state index is 0.258. The molecule has 0 bridgehead atoms. The molecule has 0 saturated heterocycles. The van der Waals surface area contributed by atoms with E-state index >= 15 is 0 Å². The number of benzene rings is 1. The van der Waals surface area contributed by atoms with Gasteiger partial charge in [0.25, 0.3) is 0 Å². The van der Waals surface area contributed by atoms with Crippen LogP contribution in [0.4, 0.5) is 0 Å². The van der Waals surface area contributed by atoms with Gasteiger partial charge in [-0.15, -0.1) is 0 Å². The predicted octanol–water partition coefficient (Wildman–Crippen LogP) is 3.35. The molecule has 0 saturated carbocycles. The quantitative estimate of drug-likeness (QED) is 0.750. The van der Waals surface area contributed by atoms with Gasteiger partial charge in [0.1, 0.15) is 0 Å². The molecule has 2 aromatic rings. The van der Waals surface area contributed by atoms with Crippen molar-refractivity contribution in [1.82, 2.24) is 4.57 Å². The zero-order chi connectivity index (χ0) is 14.4. The number of ether oxygens (including phenoxy) is 1. The fourth-order valence-corrected chi connectivity index (χ4v) is 2.48. The third-order valence-corrected chi connectivity index (χ3v) is 3.75. The molecule has 2 rings (SSSR count). The van der Waals surface area contributed by atoms with Crippen molar-refractivity contribution in [3.05, 3.63) is 36.0 Å².